The van der Waals surface area contributed by atoms with Crippen molar-refractivity contribution in [3.8, 4) is 0 Å². The van der Waals surface area contributed by atoms with Gasteiger partial charge in [0.05, 0.1) is 12.1 Å². The number of benzene rings is 3. The van der Waals surface area contributed by atoms with Gasteiger partial charge in [-0.25, -0.2) is 0 Å². The van der Waals surface area contributed by atoms with Gasteiger partial charge < -0.3 is 15.5 Å². The van der Waals surface area contributed by atoms with E-state index in [1.54, 1.807) is 6.92 Å². The Balaban J connectivity index is 0.00000353. The minimum atomic E-state index is -0.222. The Labute approximate surface area is 237 Å². The zero-order chi connectivity index (χ0) is 26.4. The molecule has 3 aromatic carbocycles. The van der Waals surface area contributed by atoms with Crippen molar-refractivity contribution in [1.82, 2.24) is 20.0 Å². The van der Waals surface area contributed by atoms with Crippen LogP contribution in [0.4, 0.5) is 5.69 Å². The number of carbonyl (C=O) groups excluding carboxylic acids is 2. The summed E-state index contributed by atoms with van der Waals surface area (Å²) in [5, 5.41) is 9.58. The van der Waals surface area contributed by atoms with Crippen LogP contribution in [0.3, 0.4) is 0 Å². The van der Waals surface area contributed by atoms with Gasteiger partial charge in [0.1, 0.15) is 0 Å². The Morgan fingerprint density at radius 2 is 1.46 bits per heavy atom. The second-order valence-corrected chi connectivity index (χ2v) is 10.8. The quantitative estimate of drug-likeness (QED) is 0.445. The molecule has 5 rings (SSSR count). The first-order valence-corrected chi connectivity index (χ1v) is 13.8. The van der Waals surface area contributed by atoms with Crippen LogP contribution in [0, 0.1) is 0 Å². The molecule has 2 N–H and O–H groups in total. The highest BCUT2D eigenvalue weighted by Gasteiger charge is 2.35. The van der Waals surface area contributed by atoms with Crippen molar-refractivity contribution in [3.63, 3.8) is 0 Å². The molecule has 3 aromatic rings. The summed E-state index contributed by atoms with van der Waals surface area (Å²) in [7, 11) is 0. The smallest absolute Gasteiger partial charge is 0.234 e. The molecule has 39 heavy (non-hydrogen) atoms. The number of piperidine rings is 1. The molecule has 2 saturated heterocycles. The van der Waals surface area contributed by atoms with E-state index in [9.17, 15) is 9.59 Å². The van der Waals surface area contributed by atoms with Crippen LogP contribution in [0.15, 0.2) is 72.8 Å². The zero-order valence-corrected chi connectivity index (χ0v) is 23.6. The SMILES string of the molecule is CC(=O)N1CCN(CC(=O)NCC2(Nc3cccc4ccccc34)CCN(Cc3ccccc3)CC2)CC1.Cl. The lowest BCUT2D eigenvalue weighted by atomic mass is 9.86. The molecule has 0 aliphatic carbocycles. The number of nitrogens with one attached hydrogen (secondary N) is 2. The predicted octanol–water partition coefficient (Wildman–Crippen LogP) is 3.99. The maximum atomic E-state index is 13.0. The molecule has 8 heteroatoms. The molecule has 0 saturated carbocycles. The van der Waals surface area contributed by atoms with E-state index >= 15 is 0 Å². The van der Waals surface area contributed by atoms with Gasteiger partial charge in [0.25, 0.3) is 0 Å². The first-order chi connectivity index (χ1) is 18.5. The number of halogens is 1. The highest BCUT2D eigenvalue weighted by molar-refractivity contribution is 5.94. The number of rotatable bonds is 8. The van der Waals surface area contributed by atoms with Crippen molar-refractivity contribution in [2.75, 3.05) is 57.7 Å². The van der Waals surface area contributed by atoms with Crippen molar-refractivity contribution in [2.24, 2.45) is 0 Å². The molecule has 2 aliphatic rings. The first kappa shape index (κ1) is 28.9. The van der Waals surface area contributed by atoms with Crippen LogP contribution in [0.5, 0.6) is 0 Å². The van der Waals surface area contributed by atoms with E-state index in [0.717, 1.165) is 51.3 Å². The van der Waals surface area contributed by atoms with E-state index in [2.05, 4.69) is 93.2 Å². The summed E-state index contributed by atoms with van der Waals surface area (Å²) in [6.45, 7) is 8.29. The molecule has 0 aromatic heterocycles. The standard InChI is InChI=1S/C31H39N5O2.ClH/c1-25(37)36-20-18-35(19-21-36)23-30(38)32-24-31(33-29-13-7-11-27-10-5-6-12-28(27)29)14-16-34(17-15-31)22-26-8-3-2-4-9-26;/h2-13,33H,14-24H2,1H3,(H,32,38);1H. The van der Waals surface area contributed by atoms with Crippen molar-refractivity contribution in [2.45, 2.75) is 31.8 Å². The molecule has 2 heterocycles. The summed E-state index contributed by atoms with van der Waals surface area (Å²) in [5.74, 6) is 0.154. The molecule has 0 radical (unpaired) electrons. The molecule has 2 amide bonds. The first-order valence-electron chi connectivity index (χ1n) is 13.8. The van der Waals surface area contributed by atoms with Crippen LogP contribution >= 0.6 is 12.4 Å². The van der Waals surface area contributed by atoms with Crippen LogP contribution in [-0.4, -0.2) is 84.4 Å². The lowest BCUT2D eigenvalue weighted by molar-refractivity contribution is -0.131. The molecule has 0 atom stereocenters. The largest absolute Gasteiger partial charge is 0.377 e. The lowest BCUT2D eigenvalue weighted by Crippen LogP contribution is -2.56. The molecule has 0 spiro atoms. The van der Waals surface area contributed by atoms with Gasteiger partial charge in [-0.2, -0.15) is 0 Å². The number of anilines is 1. The van der Waals surface area contributed by atoms with E-state index in [1.165, 1.54) is 16.3 Å². The second-order valence-electron chi connectivity index (χ2n) is 10.8. The van der Waals surface area contributed by atoms with Crippen LogP contribution < -0.4 is 10.6 Å². The fourth-order valence-corrected chi connectivity index (χ4v) is 5.69. The van der Waals surface area contributed by atoms with Gasteiger partial charge in [-0.15, -0.1) is 12.4 Å². The van der Waals surface area contributed by atoms with E-state index in [0.29, 0.717) is 26.2 Å². The molecule has 2 aliphatic heterocycles. The van der Waals surface area contributed by atoms with Gasteiger partial charge in [-0.1, -0.05) is 66.7 Å². The van der Waals surface area contributed by atoms with E-state index in [4.69, 9.17) is 0 Å². The minimum Gasteiger partial charge on any atom is -0.377 e. The average Bonchev–Trinajstić information content (AvgIpc) is 2.94. The summed E-state index contributed by atoms with van der Waals surface area (Å²) < 4.78 is 0. The minimum absolute atomic E-state index is 0. The van der Waals surface area contributed by atoms with Gasteiger partial charge in [0, 0.05) is 70.4 Å². The second kappa shape index (κ2) is 13.3. The Bertz CT molecular complexity index is 1230. The van der Waals surface area contributed by atoms with Crippen LogP contribution in [0.1, 0.15) is 25.3 Å². The number of carbonyl (C=O) groups is 2. The normalized spacial score (nSPS) is 17.8. The maximum Gasteiger partial charge on any atom is 0.234 e. The third-order valence-corrected chi connectivity index (χ3v) is 8.06. The molecule has 2 fully saturated rings. The number of amides is 2. The number of fused-ring (bicyclic) bond motifs is 1. The third-order valence-electron chi connectivity index (χ3n) is 8.06. The Kier molecular flexibility index (Phi) is 9.83. The summed E-state index contributed by atoms with van der Waals surface area (Å²) in [5.41, 5.74) is 2.23. The summed E-state index contributed by atoms with van der Waals surface area (Å²) in [4.78, 5) is 31.1. The Morgan fingerprint density at radius 3 is 2.18 bits per heavy atom. The highest BCUT2D eigenvalue weighted by Crippen LogP contribution is 2.31. The van der Waals surface area contributed by atoms with Crippen LogP contribution in [0.25, 0.3) is 10.8 Å². The molecule has 0 unspecified atom stereocenters. The number of hydrogen-bond acceptors (Lipinski definition) is 5. The zero-order valence-electron chi connectivity index (χ0n) is 22.8. The van der Waals surface area contributed by atoms with Crippen molar-refractivity contribution < 1.29 is 9.59 Å². The van der Waals surface area contributed by atoms with Gasteiger partial charge in [0.15, 0.2) is 0 Å². The van der Waals surface area contributed by atoms with Crippen LogP contribution in [-0.2, 0) is 16.1 Å². The number of nitrogens with zero attached hydrogens (tertiary/aromatic N) is 3. The fraction of sp³-hybridized carbons (Fsp3) is 0.419. The molecular formula is C31H40ClN5O2. The highest BCUT2D eigenvalue weighted by atomic mass is 35.5. The summed E-state index contributed by atoms with van der Waals surface area (Å²) >= 11 is 0. The van der Waals surface area contributed by atoms with E-state index in [-0.39, 0.29) is 29.8 Å². The number of hydrogen-bond donors (Lipinski definition) is 2. The van der Waals surface area contributed by atoms with Gasteiger partial charge in [-0.05, 0) is 29.9 Å². The van der Waals surface area contributed by atoms with Crippen molar-refractivity contribution in [1.29, 1.82) is 0 Å². The van der Waals surface area contributed by atoms with Crippen LogP contribution in [0.2, 0.25) is 0 Å². The molecule has 0 bridgehead atoms. The molecule has 208 valence electrons. The van der Waals surface area contributed by atoms with E-state index in [1.807, 2.05) is 4.90 Å². The van der Waals surface area contributed by atoms with Crippen molar-refractivity contribution in [3.05, 3.63) is 78.4 Å². The average molecular weight is 550 g/mol. The topological polar surface area (TPSA) is 67.9 Å². The number of likely N-dealkylation sites (tertiary alicyclic amines) is 1. The predicted molar refractivity (Wildman–Crippen MR) is 160 cm³/mol. The molecular weight excluding hydrogens is 510 g/mol. The summed E-state index contributed by atoms with van der Waals surface area (Å²) in [6.07, 6.45) is 1.89. The third kappa shape index (κ3) is 7.50. The van der Waals surface area contributed by atoms with Gasteiger partial charge >= 0.3 is 0 Å². The Morgan fingerprint density at radius 1 is 0.795 bits per heavy atom. The Hall–Kier alpha value is -3.13. The number of piperazine rings is 1. The molecule has 7 nitrogen and oxygen atoms in total. The van der Waals surface area contributed by atoms with Gasteiger partial charge in [0.2, 0.25) is 11.8 Å². The maximum absolute atomic E-state index is 13.0. The van der Waals surface area contributed by atoms with Gasteiger partial charge in [-0.3, -0.25) is 19.4 Å². The fourth-order valence-electron chi connectivity index (χ4n) is 5.69. The van der Waals surface area contributed by atoms with Crippen molar-refractivity contribution >= 4 is 40.7 Å². The monoisotopic (exact) mass is 549 g/mol. The summed E-state index contributed by atoms with van der Waals surface area (Å²) in [6, 6.07) is 25.5. The lowest BCUT2D eigenvalue weighted by Gasteiger charge is -2.43. The van der Waals surface area contributed by atoms with E-state index < -0.39 is 0 Å².